The Labute approximate surface area is 106 Å². The van der Waals surface area contributed by atoms with Crippen LogP contribution in [0, 0.1) is 13.8 Å². The maximum atomic E-state index is 11.2. The normalized spacial score (nSPS) is 11.5. The van der Waals surface area contributed by atoms with E-state index in [1.165, 1.54) is 11.6 Å². The van der Waals surface area contributed by atoms with Gasteiger partial charge in [0.15, 0.2) is 0 Å². The molecule has 0 atom stereocenters. The van der Waals surface area contributed by atoms with Crippen molar-refractivity contribution in [3.8, 4) is 0 Å². The van der Waals surface area contributed by atoms with Gasteiger partial charge in [-0.15, -0.1) is 0 Å². The van der Waals surface area contributed by atoms with Gasteiger partial charge in [-0.1, -0.05) is 0 Å². The Kier molecular flexibility index (Phi) is 2.16. The number of aryl methyl sites for hydroxylation is 2. The number of fused-ring (bicyclic) bond motifs is 2. The quantitative estimate of drug-likeness (QED) is 0.643. The van der Waals surface area contributed by atoms with Gasteiger partial charge in [0.1, 0.15) is 5.58 Å². The Morgan fingerprint density at radius 1 is 1.24 bits per heavy atom. The summed E-state index contributed by atoms with van der Waals surface area (Å²) in [6.45, 7) is 4.08. The number of nitrogens with one attached hydrogen (secondary N) is 1. The fourth-order valence-corrected chi connectivity index (χ4v) is 2.72. The van der Waals surface area contributed by atoms with Crippen LogP contribution in [-0.2, 0) is 0 Å². The number of halogens is 1. The second-order valence-electron chi connectivity index (χ2n) is 4.15. The molecule has 0 saturated heterocycles. The van der Waals surface area contributed by atoms with Gasteiger partial charge in [0.05, 0.1) is 9.99 Å². The summed E-state index contributed by atoms with van der Waals surface area (Å²) in [6.07, 6.45) is 0. The van der Waals surface area contributed by atoms with E-state index >= 15 is 0 Å². The molecule has 0 unspecified atom stereocenters. The van der Waals surface area contributed by atoms with Crippen LogP contribution in [0.1, 0.15) is 11.3 Å². The standard InChI is InChI=1S/C13H10BrNO2/c1-6-7(2)15-13-9(6)5-10-8(12(13)14)3-4-11(16)17-10/h3-5,15H,1-2H3. The summed E-state index contributed by atoms with van der Waals surface area (Å²) in [6, 6.07) is 5.12. The van der Waals surface area contributed by atoms with Crippen LogP contribution in [-0.4, -0.2) is 4.98 Å². The molecule has 0 aliphatic carbocycles. The molecule has 0 amide bonds. The van der Waals surface area contributed by atoms with Crippen LogP contribution < -0.4 is 5.63 Å². The number of aromatic amines is 1. The molecule has 1 aromatic carbocycles. The van der Waals surface area contributed by atoms with Crippen molar-refractivity contribution in [1.82, 2.24) is 4.98 Å². The summed E-state index contributed by atoms with van der Waals surface area (Å²) in [5.41, 5.74) is 3.63. The van der Waals surface area contributed by atoms with Crippen LogP contribution in [0.4, 0.5) is 0 Å². The highest BCUT2D eigenvalue weighted by Gasteiger charge is 2.12. The first-order chi connectivity index (χ1) is 8.08. The monoisotopic (exact) mass is 291 g/mol. The fourth-order valence-electron chi connectivity index (χ4n) is 2.08. The minimum absolute atomic E-state index is 0.325. The van der Waals surface area contributed by atoms with Crippen molar-refractivity contribution in [3.63, 3.8) is 0 Å². The van der Waals surface area contributed by atoms with Gasteiger partial charge in [-0.05, 0) is 47.5 Å². The molecule has 0 spiro atoms. The largest absolute Gasteiger partial charge is 0.423 e. The van der Waals surface area contributed by atoms with Crippen molar-refractivity contribution in [1.29, 1.82) is 0 Å². The van der Waals surface area contributed by atoms with Gasteiger partial charge < -0.3 is 9.40 Å². The first-order valence-electron chi connectivity index (χ1n) is 5.29. The third-order valence-corrected chi connectivity index (χ3v) is 3.97. The highest BCUT2D eigenvalue weighted by Crippen LogP contribution is 2.34. The van der Waals surface area contributed by atoms with Crippen molar-refractivity contribution in [2.45, 2.75) is 13.8 Å². The van der Waals surface area contributed by atoms with Crippen molar-refractivity contribution >= 4 is 37.8 Å². The average molecular weight is 292 g/mol. The van der Waals surface area contributed by atoms with Gasteiger partial charge in [0.2, 0.25) is 0 Å². The molecule has 0 aliphatic rings. The first kappa shape index (κ1) is 10.6. The smallest absolute Gasteiger partial charge is 0.336 e. The Morgan fingerprint density at radius 3 is 2.76 bits per heavy atom. The molecule has 17 heavy (non-hydrogen) atoms. The summed E-state index contributed by atoms with van der Waals surface area (Å²) in [5.74, 6) is 0. The predicted molar refractivity (Wildman–Crippen MR) is 71.5 cm³/mol. The molecule has 86 valence electrons. The molecule has 2 aromatic heterocycles. The molecule has 3 nitrogen and oxygen atoms in total. The zero-order valence-electron chi connectivity index (χ0n) is 9.43. The minimum Gasteiger partial charge on any atom is -0.423 e. The van der Waals surface area contributed by atoms with E-state index in [2.05, 4.69) is 20.9 Å². The highest BCUT2D eigenvalue weighted by atomic mass is 79.9. The zero-order chi connectivity index (χ0) is 12.2. The maximum absolute atomic E-state index is 11.2. The molecule has 0 fully saturated rings. The summed E-state index contributed by atoms with van der Waals surface area (Å²) in [5, 5.41) is 1.98. The third-order valence-electron chi connectivity index (χ3n) is 3.14. The molecule has 2 heterocycles. The van der Waals surface area contributed by atoms with Gasteiger partial charge in [-0.3, -0.25) is 0 Å². The lowest BCUT2D eigenvalue weighted by molar-refractivity contribution is 0.561. The van der Waals surface area contributed by atoms with E-state index in [0.29, 0.717) is 5.58 Å². The number of hydrogen-bond donors (Lipinski definition) is 1. The van der Waals surface area contributed by atoms with E-state index in [-0.39, 0.29) is 5.63 Å². The van der Waals surface area contributed by atoms with Gasteiger partial charge in [-0.2, -0.15) is 0 Å². The third kappa shape index (κ3) is 1.44. The van der Waals surface area contributed by atoms with Crippen LogP contribution in [0.2, 0.25) is 0 Å². The topological polar surface area (TPSA) is 46.0 Å². The van der Waals surface area contributed by atoms with E-state index in [4.69, 9.17) is 4.42 Å². The summed E-state index contributed by atoms with van der Waals surface area (Å²) in [4.78, 5) is 14.6. The van der Waals surface area contributed by atoms with Crippen LogP contribution in [0.15, 0.2) is 31.9 Å². The molecule has 0 radical (unpaired) electrons. The Balaban J connectivity index is 2.61. The second-order valence-corrected chi connectivity index (χ2v) is 4.95. The summed E-state index contributed by atoms with van der Waals surface area (Å²) < 4.78 is 6.15. The van der Waals surface area contributed by atoms with Crippen LogP contribution in [0.5, 0.6) is 0 Å². The van der Waals surface area contributed by atoms with Gasteiger partial charge in [-0.25, -0.2) is 4.79 Å². The second kappa shape index (κ2) is 3.47. The van der Waals surface area contributed by atoms with E-state index in [0.717, 1.165) is 26.5 Å². The van der Waals surface area contributed by atoms with Crippen LogP contribution in [0.25, 0.3) is 21.9 Å². The molecular formula is C13H10BrNO2. The van der Waals surface area contributed by atoms with Crippen molar-refractivity contribution in [2.75, 3.05) is 0 Å². The Morgan fingerprint density at radius 2 is 2.00 bits per heavy atom. The van der Waals surface area contributed by atoms with Gasteiger partial charge in [0.25, 0.3) is 0 Å². The summed E-state index contributed by atoms with van der Waals surface area (Å²) >= 11 is 3.56. The lowest BCUT2D eigenvalue weighted by Crippen LogP contribution is -1.94. The van der Waals surface area contributed by atoms with Crippen LogP contribution in [0.3, 0.4) is 0 Å². The molecule has 4 heteroatoms. The molecule has 0 bridgehead atoms. The number of benzene rings is 1. The zero-order valence-corrected chi connectivity index (χ0v) is 11.0. The maximum Gasteiger partial charge on any atom is 0.336 e. The molecule has 3 aromatic rings. The molecule has 0 aliphatic heterocycles. The molecule has 3 rings (SSSR count). The van der Waals surface area contributed by atoms with Crippen LogP contribution >= 0.6 is 15.9 Å². The Hall–Kier alpha value is -1.55. The number of rotatable bonds is 0. The molecule has 0 saturated carbocycles. The van der Waals surface area contributed by atoms with Crippen molar-refractivity contribution in [3.05, 3.63) is 44.3 Å². The fraction of sp³-hybridized carbons (Fsp3) is 0.154. The number of aromatic nitrogens is 1. The first-order valence-corrected chi connectivity index (χ1v) is 6.08. The summed E-state index contributed by atoms with van der Waals surface area (Å²) in [7, 11) is 0. The average Bonchev–Trinajstić information content (AvgIpc) is 2.57. The van der Waals surface area contributed by atoms with Crippen molar-refractivity contribution < 1.29 is 4.42 Å². The lowest BCUT2D eigenvalue weighted by atomic mass is 10.1. The number of H-pyrrole nitrogens is 1. The van der Waals surface area contributed by atoms with Gasteiger partial charge >= 0.3 is 5.63 Å². The molecule has 1 N–H and O–H groups in total. The molecular weight excluding hydrogens is 282 g/mol. The Bertz CT molecular complexity index is 798. The van der Waals surface area contributed by atoms with E-state index < -0.39 is 0 Å². The lowest BCUT2D eigenvalue weighted by Gasteiger charge is -2.01. The van der Waals surface area contributed by atoms with E-state index in [9.17, 15) is 4.79 Å². The van der Waals surface area contributed by atoms with E-state index in [1.54, 1.807) is 6.07 Å². The number of hydrogen-bond acceptors (Lipinski definition) is 2. The van der Waals surface area contributed by atoms with Crippen molar-refractivity contribution in [2.24, 2.45) is 0 Å². The van der Waals surface area contributed by atoms with Gasteiger partial charge in [0, 0.05) is 22.5 Å². The SMILES string of the molecule is Cc1[nH]c2c(Br)c3ccc(=O)oc3cc2c1C. The highest BCUT2D eigenvalue weighted by molar-refractivity contribution is 9.10. The van der Waals surface area contributed by atoms with E-state index in [1.807, 2.05) is 19.9 Å². The predicted octanol–water partition coefficient (Wildman–Crippen LogP) is 3.65. The minimum atomic E-state index is -0.325.